The van der Waals surface area contributed by atoms with Crippen LogP contribution in [-0.2, 0) is 65.4 Å². The lowest BCUT2D eigenvalue weighted by Crippen LogP contribution is -2.30. The van der Waals surface area contributed by atoms with Crippen molar-refractivity contribution in [2.75, 3.05) is 39.6 Å². The molecule has 0 aromatic carbocycles. The van der Waals surface area contributed by atoms with Crippen LogP contribution < -0.4 is 0 Å². The quantitative estimate of drug-likeness (QED) is 0.0222. The number of phosphoric acid groups is 2. The van der Waals surface area contributed by atoms with Gasteiger partial charge < -0.3 is 33.8 Å². The van der Waals surface area contributed by atoms with Gasteiger partial charge in [-0.05, 0) is 43.4 Å². The molecule has 0 heterocycles. The van der Waals surface area contributed by atoms with Crippen molar-refractivity contribution in [2.45, 2.75) is 324 Å². The largest absolute Gasteiger partial charge is 0.472 e. The van der Waals surface area contributed by atoms with Gasteiger partial charge in [0.05, 0.1) is 26.4 Å². The van der Waals surface area contributed by atoms with Crippen molar-refractivity contribution in [2.24, 2.45) is 17.8 Å². The lowest BCUT2D eigenvalue weighted by Gasteiger charge is -2.21. The van der Waals surface area contributed by atoms with Crippen molar-refractivity contribution in [1.29, 1.82) is 0 Å². The van der Waals surface area contributed by atoms with Crippen LogP contribution >= 0.6 is 15.6 Å². The summed E-state index contributed by atoms with van der Waals surface area (Å²) in [5, 5.41) is 10.5. The number of carbonyl (C=O) groups is 4. The number of esters is 4. The van der Waals surface area contributed by atoms with Crippen LogP contribution in [0.25, 0.3) is 0 Å². The van der Waals surface area contributed by atoms with Crippen molar-refractivity contribution in [3.8, 4) is 0 Å². The number of carbonyl (C=O) groups excluding carboxylic acids is 4. The van der Waals surface area contributed by atoms with Gasteiger partial charge in [0.15, 0.2) is 12.2 Å². The van der Waals surface area contributed by atoms with E-state index in [1.807, 2.05) is 0 Å². The summed E-state index contributed by atoms with van der Waals surface area (Å²) in [6, 6.07) is 0. The Morgan fingerprint density at radius 2 is 0.561 bits per heavy atom. The Bertz CT molecular complexity index is 1630. The molecular weight excluding hydrogens is 1090 g/mol. The lowest BCUT2D eigenvalue weighted by molar-refractivity contribution is -0.161. The molecule has 0 aromatic heterocycles. The summed E-state index contributed by atoms with van der Waals surface area (Å²) >= 11 is 0. The third kappa shape index (κ3) is 57.2. The first kappa shape index (κ1) is 80.1. The fourth-order valence-electron chi connectivity index (χ4n) is 9.30. The highest BCUT2D eigenvalue weighted by Gasteiger charge is 2.30. The summed E-state index contributed by atoms with van der Waals surface area (Å²) in [5.41, 5.74) is 0. The molecule has 0 saturated carbocycles. The first-order valence-corrected chi connectivity index (χ1v) is 35.8. The maximum Gasteiger partial charge on any atom is 0.472 e. The van der Waals surface area contributed by atoms with Gasteiger partial charge in [-0.15, -0.1) is 0 Å². The van der Waals surface area contributed by atoms with Crippen LogP contribution in [-0.4, -0.2) is 96.7 Å². The summed E-state index contributed by atoms with van der Waals surface area (Å²) in [5.74, 6) is 0.0552. The molecule has 82 heavy (non-hydrogen) atoms. The first-order chi connectivity index (χ1) is 39.2. The molecule has 0 spiro atoms. The molecule has 0 aliphatic rings. The zero-order valence-electron chi connectivity index (χ0n) is 52.9. The standard InChI is InChI=1S/C63H122O17P2/c1-8-9-10-27-37-44-60(65)73-50-58(80-63(68)47-40-33-26-25-30-36-43-56(6)7)52-77-81(69,70)75-48-57(64)49-76-82(71,72)78-53-59(79-62(67)46-39-32-24-20-16-12-14-18-22-29-35-42-55(4)5)51-74-61(66)45-38-31-23-19-15-11-13-17-21-28-34-41-54(2)3/h54-59,64H,8-53H2,1-7H3,(H,69,70)(H,71,72)/t57-,58+,59+/m0/s1. The van der Waals surface area contributed by atoms with Crippen LogP contribution in [0.1, 0.15) is 305 Å². The van der Waals surface area contributed by atoms with Gasteiger partial charge in [-0.25, -0.2) is 9.13 Å². The Balaban J connectivity index is 5.18. The monoisotopic (exact) mass is 1210 g/mol. The predicted octanol–water partition coefficient (Wildman–Crippen LogP) is 17.1. The number of hydrogen-bond donors (Lipinski definition) is 3. The number of phosphoric ester groups is 2. The first-order valence-electron chi connectivity index (χ1n) is 32.8. The van der Waals surface area contributed by atoms with E-state index in [0.29, 0.717) is 31.6 Å². The molecule has 0 bridgehead atoms. The van der Waals surface area contributed by atoms with E-state index >= 15 is 0 Å². The molecule has 19 heteroatoms. The van der Waals surface area contributed by atoms with E-state index in [4.69, 9.17) is 37.0 Å². The second-order valence-electron chi connectivity index (χ2n) is 24.2. The predicted molar refractivity (Wildman–Crippen MR) is 326 cm³/mol. The fraction of sp³-hybridized carbons (Fsp3) is 0.937. The van der Waals surface area contributed by atoms with E-state index in [-0.39, 0.29) is 25.7 Å². The van der Waals surface area contributed by atoms with E-state index in [0.717, 1.165) is 108 Å². The Morgan fingerprint density at radius 3 is 0.829 bits per heavy atom. The summed E-state index contributed by atoms with van der Waals surface area (Å²) in [6.45, 7) is 11.6. The molecule has 2 unspecified atom stereocenters. The number of rotatable bonds is 61. The van der Waals surface area contributed by atoms with Crippen molar-refractivity contribution in [1.82, 2.24) is 0 Å². The third-order valence-electron chi connectivity index (χ3n) is 14.4. The maximum atomic E-state index is 13.0. The minimum atomic E-state index is -4.94. The molecule has 5 atom stereocenters. The van der Waals surface area contributed by atoms with Gasteiger partial charge in [-0.1, -0.05) is 254 Å². The van der Waals surface area contributed by atoms with Crippen molar-refractivity contribution >= 4 is 39.5 Å². The Kier molecular flexibility index (Phi) is 53.2. The van der Waals surface area contributed by atoms with Crippen LogP contribution in [0.4, 0.5) is 0 Å². The van der Waals surface area contributed by atoms with Crippen molar-refractivity contribution in [3.05, 3.63) is 0 Å². The SMILES string of the molecule is CCCCCCCC(=O)OC[C@H](COP(=O)(O)OC[C@H](O)COP(=O)(O)OC[C@@H](COC(=O)CCCCCCCCCCCCCC(C)C)OC(=O)CCCCCCCCCCCCCC(C)C)OC(=O)CCCCCCCCC(C)C. The second kappa shape index (κ2) is 54.5. The molecule has 0 rings (SSSR count). The topological polar surface area (TPSA) is 237 Å². The third-order valence-corrected chi connectivity index (χ3v) is 16.3. The Morgan fingerprint density at radius 1 is 0.329 bits per heavy atom. The van der Waals surface area contributed by atoms with Gasteiger partial charge in [0, 0.05) is 25.7 Å². The number of aliphatic hydroxyl groups excluding tert-OH is 1. The minimum Gasteiger partial charge on any atom is -0.462 e. The van der Waals surface area contributed by atoms with Crippen LogP contribution in [0, 0.1) is 17.8 Å². The zero-order valence-corrected chi connectivity index (χ0v) is 54.7. The summed E-state index contributed by atoms with van der Waals surface area (Å²) in [6.07, 6.45) is 35.3. The summed E-state index contributed by atoms with van der Waals surface area (Å²) < 4.78 is 67.7. The molecule has 0 aliphatic heterocycles. The maximum absolute atomic E-state index is 13.0. The Hall–Kier alpha value is -1.94. The molecule has 486 valence electrons. The second-order valence-corrected chi connectivity index (χ2v) is 27.1. The molecule has 0 fully saturated rings. The number of aliphatic hydroxyl groups is 1. The van der Waals surface area contributed by atoms with Gasteiger partial charge >= 0.3 is 39.5 Å². The van der Waals surface area contributed by atoms with Crippen LogP contribution in [0.15, 0.2) is 0 Å². The molecular formula is C63H122O17P2. The van der Waals surface area contributed by atoms with E-state index in [1.165, 1.54) is 109 Å². The van der Waals surface area contributed by atoms with Crippen LogP contribution in [0.5, 0.6) is 0 Å². The Labute approximate surface area is 498 Å². The number of unbranched alkanes of at least 4 members (excludes halogenated alkanes) is 29. The highest BCUT2D eigenvalue weighted by Crippen LogP contribution is 2.45. The smallest absolute Gasteiger partial charge is 0.462 e. The van der Waals surface area contributed by atoms with Crippen molar-refractivity contribution < 1.29 is 80.2 Å². The van der Waals surface area contributed by atoms with Gasteiger partial charge in [-0.3, -0.25) is 37.3 Å². The van der Waals surface area contributed by atoms with Gasteiger partial charge in [0.2, 0.25) is 0 Å². The van der Waals surface area contributed by atoms with Gasteiger partial charge in [0.25, 0.3) is 0 Å². The van der Waals surface area contributed by atoms with E-state index in [2.05, 4.69) is 48.5 Å². The van der Waals surface area contributed by atoms with Crippen LogP contribution in [0.3, 0.4) is 0 Å². The highest BCUT2D eigenvalue weighted by molar-refractivity contribution is 7.47. The molecule has 0 aromatic rings. The molecule has 0 radical (unpaired) electrons. The minimum absolute atomic E-state index is 0.101. The van der Waals surface area contributed by atoms with E-state index in [9.17, 15) is 43.2 Å². The fourth-order valence-corrected chi connectivity index (χ4v) is 10.9. The normalized spacial score (nSPS) is 14.4. The average molecular weight is 1210 g/mol. The zero-order chi connectivity index (χ0) is 61.0. The molecule has 0 aliphatic carbocycles. The van der Waals surface area contributed by atoms with Crippen molar-refractivity contribution in [3.63, 3.8) is 0 Å². The van der Waals surface area contributed by atoms with Gasteiger partial charge in [-0.2, -0.15) is 0 Å². The summed E-state index contributed by atoms with van der Waals surface area (Å²) in [7, 11) is -9.88. The average Bonchev–Trinajstić information content (AvgIpc) is 3.42. The number of ether oxygens (including phenoxy) is 4. The summed E-state index contributed by atoms with van der Waals surface area (Å²) in [4.78, 5) is 71.9. The van der Waals surface area contributed by atoms with Crippen LogP contribution in [0.2, 0.25) is 0 Å². The molecule has 17 nitrogen and oxygen atoms in total. The molecule has 0 saturated heterocycles. The molecule has 0 amide bonds. The number of hydrogen-bond acceptors (Lipinski definition) is 15. The van der Waals surface area contributed by atoms with Gasteiger partial charge in [0.1, 0.15) is 19.3 Å². The van der Waals surface area contributed by atoms with E-state index < -0.39 is 97.5 Å². The lowest BCUT2D eigenvalue weighted by atomic mass is 10.0. The highest BCUT2D eigenvalue weighted by atomic mass is 31.2. The molecule has 3 N–H and O–H groups in total. The van der Waals surface area contributed by atoms with E-state index in [1.54, 1.807) is 0 Å².